The molecule has 4 aliphatic heterocycles. The Kier molecular flexibility index (Phi) is 9.97. The highest BCUT2D eigenvalue weighted by Crippen LogP contribution is 2.71. The molecule has 51 heavy (non-hydrogen) atoms. The maximum atomic E-state index is 12.0. The van der Waals surface area contributed by atoms with Crippen molar-refractivity contribution in [1.82, 2.24) is 0 Å². The van der Waals surface area contributed by atoms with Crippen LogP contribution in [-0.2, 0) is 28.4 Å². The number of hydrogen-bond donors (Lipinski definition) is 7. The molecule has 0 aromatic rings. The summed E-state index contributed by atoms with van der Waals surface area (Å²) in [6, 6.07) is 0. The van der Waals surface area contributed by atoms with Gasteiger partial charge in [0.2, 0.25) is 0 Å². The Balaban J connectivity index is 0.959. The Morgan fingerprint density at radius 2 is 1.47 bits per heavy atom. The Morgan fingerprint density at radius 1 is 0.706 bits per heavy atom. The van der Waals surface area contributed by atoms with E-state index in [-0.39, 0.29) is 35.6 Å². The van der Waals surface area contributed by atoms with Gasteiger partial charge in [0, 0.05) is 12.3 Å². The molecule has 4 heterocycles. The van der Waals surface area contributed by atoms with Gasteiger partial charge in [0.05, 0.1) is 38.1 Å². The van der Waals surface area contributed by atoms with Gasteiger partial charge in [-0.25, -0.2) is 0 Å². The average molecular weight is 727 g/mol. The zero-order valence-corrected chi connectivity index (χ0v) is 30.5. The van der Waals surface area contributed by atoms with E-state index in [0.717, 1.165) is 51.6 Å². The average Bonchev–Trinajstić information content (AvgIpc) is 3.55. The minimum atomic E-state index is -1.62. The first-order chi connectivity index (χ1) is 24.2. The van der Waals surface area contributed by atoms with E-state index >= 15 is 0 Å². The lowest BCUT2D eigenvalue weighted by Crippen LogP contribution is -2.64. The minimum Gasteiger partial charge on any atom is -0.394 e. The van der Waals surface area contributed by atoms with Crippen LogP contribution in [0.15, 0.2) is 0 Å². The molecule has 8 fully saturated rings. The topological polar surface area (TPSA) is 197 Å². The molecule has 8 rings (SSSR count). The first kappa shape index (κ1) is 37.4. The van der Waals surface area contributed by atoms with Crippen molar-refractivity contribution < 1.29 is 64.2 Å². The summed E-state index contributed by atoms with van der Waals surface area (Å²) in [5.74, 6) is 2.30. The predicted octanol–water partition coefficient (Wildman–Crippen LogP) is 1.05. The predicted molar refractivity (Wildman–Crippen MR) is 178 cm³/mol. The highest BCUT2D eigenvalue weighted by atomic mass is 16.8. The van der Waals surface area contributed by atoms with Gasteiger partial charge >= 0.3 is 0 Å². The molecule has 7 N–H and O–H groups in total. The largest absolute Gasteiger partial charge is 0.394 e. The van der Waals surface area contributed by atoms with E-state index in [0.29, 0.717) is 48.3 Å². The second-order valence-electron chi connectivity index (χ2n) is 18.4. The zero-order chi connectivity index (χ0) is 36.2. The fourth-order valence-electron chi connectivity index (χ4n) is 13.0. The van der Waals surface area contributed by atoms with Gasteiger partial charge in [0.25, 0.3) is 0 Å². The monoisotopic (exact) mass is 726 g/mol. The summed E-state index contributed by atoms with van der Waals surface area (Å²) >= 11 is 0. The van der Waals surface area contributed by atoms with E-state index in [1.54, 1.807) is 0 Å². The third-order valence-corrected chi connectivity index (χ3v) is 15.8. The highest BCUT2D eigenvalue weighted by Gasteiger charge is 2.70. The Labute approximate surface area is 300 Å². The van der Waals surface area contributed by atoms with Gasteiger partial charge < -0.3 is 64.2 Å². The lowest BCUT2D eigenvalue weighted by Gasteiger charge is -2.62. The minimum absolute atomic E-state index is 0.00826. The van der Waals surface area contributed by atoms with Crippen LogP contribution in [0.1, 0.15) is 85.5 Å². The first-order valence-electron chi connectivity index (χ1n) is 19.8. The van der Waals surface area contributed by atoms with Crippen LogP contribution in [0.4, 0.5) is 0 Å². The van der Waals surface area contributed by atoms with E-state index < -0.39 is 73.8 Å². The van der Waals surface area contributed by atoms with Gasteiger partial charge in [0.15, 0.2) is 18.4 Å². The molecule has 4 saturated heterocycles. The van der Waals surface area contributed by atoms with Crippen molar-refractivity contribution in [3.63, 3.8) is 0 Å². The van der Waals surface area contributed by atoms with Gasteiger partial charge in [-0.2, -0.15) is 0 Å². The van der Waals surface area contributed by atoms with Crippen molar-refractivity contribution in [3.05, 3.63) is 0 Å². The van der Waals surface area contributed by atoms with E-state index in [9.17, 15) is 35.7 Å². The number of hydrogen-bond acceptors (Lipinski definition) is 13. The van der Waals surface area contributed by atoms with E-state index in [4.69, 9.17) is 28.4 Å². The van der Waals surface area contributed by atoms with Crippen molar-refractivity contribution in [2.75, 3.05) is 19.8 Å². The Hall–Kier alpha value is -0.520. The van der Waals surface area contributed by atoms with Gasteiger partial charge in [-0.15, -0.1) is 0 Å². The maximum absolute atomic E-state index is 12.0. The van der Waals surface area contributed by atoms with Gasteiger partial charge in [-0.05, 0) is 97.7 Å². The normalized spacial score (nSPS) is 59.9. The third-order valence-electron chi connectivity index (χ3n) is 15.8. The number of rotatable bonds is 5. The molecular weight excluding hydrogens is 664 g/mol. The lowest BCUT2D eigenvalue weighted by atomic mass is 9.43. The fourth-order valence-corrected chi connectivity index (χ4v) is 13.0. The van der Waals surface area contributed by atoms with E-state index in [2.05, 4.69) is 27.7 Å². The Morgan fingerprint density at radius 3 is 2.20 bits per heavy atom. The molecule has 0 radical (unpaired) electrons. The standard InChI is InChI=1S/C38H62O13/c1-17-5-10-38(47-15-17)18(2)28-26(51-38)13-22-20-12-24(40)23-11-19(6-8-36(23,3)21(20)7-9-37(22,28)4)48-35-33(31(44)30(43)27(14-39)49-35)50-34-32(45)29(42)25(41)16-46-34/h17-35,39-45H,5-16H2,1-4H3/t17?,18-,19-,20+,21-,22-,23?,24-,25-,26-,27+,28-,29+,30+,31-,32-,33+,34+,35+,36+,37-,38+/m0/s1. The number of aliphatic hydroxyl groups is 7. The van der Waals surface area contributed by atoms with Gasteiger partial charge in [-0.3, -0.25) is 0 Å². The molecule has 13 heteroatoms. The van der Waals surface area contributed by atoms with Crippen LogP contribution >= 0.6 is 0 Å². The van der Waals surface area contributed by atoms with Crippen LogP contribution in [0.2, 0.25) is 0 Å². The SMILES string of the molecule is CC1CC[C@@]2(OC1)O[C@H]1C[C@H]3[C@@H]4C[C@H](O)C5C[C@@H](O[C@@H]6O[C@H](CO)[C@@H](O)[C@H](O)[C@H]6O[C@H]6OC[C@H](O)[C@@H](O)[C@@H]6O)CC[C@]5(C)[C@H]4CC[C@]3(C)[C@H]1[C@@H]2C. The van der Waals surface area contributed by atoms with E-state index in [1.807, 2.05) is 0 Å². The summed E-state index contributed by atoms with van der Waals surface area (Å²) in [6.45, 7) is 9.39. The van der Waals surface area contributed by atoms with Crippen molar-refractivity contribution in [2.45, 2.75) is 165 Å². The molecule has 13 nitrogen and oxygen atoms in total. The highest BCUT2D eigenvalue weighted by molar-refractivity contribution is 5.16. The fraction of sp³-hybridized carbons (Fsp3) is 1.00. The molecule has 22 atom stereocenters. The lowest BCUT2D eigenvalue weighted by molar-refractivity contribution is -0.364. The van der Waals surface area contributed by atoms with Crippen LogP contribution in [0.25, 0.3) is 0 Å². The van der Waals surface area contributed by atoms with Crippen LogP contribution in [0, 0.1) is 52.3 Å². The number of fused-ring (bicyclic) bond motifs is 7. The van der Waals surface area contributed by atoms with Crippen molar-refractivity contribution in [1.29, 1.82) is 0 Å². The van der Waals surface area contributed by atoms with Crippen LogP contribution < -0.4 is 0 Å². The zero-order valence-electron chi connectivity index (χ0n) is 30.5. The van der Waals surface area contributed by atoms with Crippen molar-refractivity contribution in [3.8, 4) is 0 Å². The van der Waals surface area contributed by atoms with E-state index in [1.165, 1.54) is 0 Å². The smallest absolute Gasteiger partial charge is 0.187 e. The van der Waals surface area contributed by atoms with Crippen LogP contribution in [0.3, 0.4) is 0 Å². The van der Waals surface area contributed by atoms with Crippen LogP contribution in [0.5, 0.6) is 0 Å². The molecular formula is C38H62O13. The second-order valence-corrected chi connectivity index (χ2v) is 18.4. The second kappa shape index (κ2) is 13.6. The molecule has 292 valence electrons. The molecule has 8 aliphatic rings. The summed E-state index contributed by atoms with van der Waals surface area (Å²) in [6.07, 6.45) is -5.04. The van der Waals surface area contributed by atoms with Gasteiger partial charge in [-0.1, -0.05) is 27.7 Å². The number of aliphatic hydroxyl groups excluding tert-OH is 7. The molecule has 4 aliphatic carbocycles. The molecule has 0 aromatic carbocycles. The third kappa shape index (κ3) is 5.90. The summed E-state index contributed by atoms with van der Waals surface area (Å²) in [7, 11) is 0. The van der Waals surface area contributed by atoms with Gasteiger partial charge in [0.1, 0.15) is 42.7 Å². The molecule has 0 bridgehead atoms. The van der Waals surface area contributed by atoms with Crippen molar-refractivity contribution in [2.24, 2.45) is 52.3 Å². The van der Waals surface area contributed by atoms with Crippen LogP contribution in [-0.4, -0.2) is 135 Å². The molecule has 1 spiro atoms. The molecule has 2 unspecified atom stereocenters. The summed E-state index contributed by atoms with van der Waals surface area (Å²) in [5, 5.41) is 74.2. The maximum Gasteiger partial charge on any atom is 0.187 e. The summed E-state index contributed by atoms with van der Waals surface area (Å²) in [5.41, 5.74) is 0.0668. The summed E-state index contributed by atoms with van der Waals surface area (Å²) < 4.78 is 37.2. The number of ether oxygens (including phenoxy) is 6. The van der Waals surface area contributed by atoms with Crippen molar-refractivity contribution >= 4 is 0 Å². The quantitative estimate of drug-likeness (QED) is 0.199. The first-order valence-corrected chi connectivity index (χ1v) is 19.8. The summed E-state index contributed by atoms with van der Waals surface area (Å²) in [4.78, 5) is 0. The molecule has 0 amide bonds. The molecule has 4 saturated carbocycles. The molecule has 0 aromatic heterocycles. The Bertz CT molecular complexity index is 1250.